The summed E-state index contributed by atoms with van der Waals surface area (Å²) in [5.74, 6) is 0. The number of fused-ring (bicyclic) bond motifs is 1. The molecule has 0 N–H and O–H groups in total. The third kappa shape index (κ3) is 1.30. The van der Waals surface area contributed by atoms with E-state index in [1.54, 1.807) is 0 Å². The van der Waals surface area contributed by atoms with Crippen LogP contribution >= 0.6 is 23.0 Å². The molecule has 1 heterocycles. The van der Waals surface area contributed by atoms with Crippen LogP contribution in [0, 0.1) is 5.41 Å². The van der Waals surface area contributed by atoms with E-state index in [0.717, 1.165) is 12.6 Å². The maximum absolute atomic E-state index is 5.32. The zero-order chi connectivity index (χ0) is 8.60. The Bertz CT molecular complexity index is 172. The monoisotopic (exact) mass is 281 g/mol. The molecule has 0 bridgehead atoms. The van der Waals surface area contributed by atoms with Crippen LogP contribution in [0.3, 0.4) is 0 Å². The summed E-state index contributed by atoms with van der Waals surface area (Å²) in [5, 5.41) is 0. The Labute approximate surface area is 88.3 Å². The summed E-state index contributed by atoms with van der Waals surface area (Å²) in [5.41, 5.74) is 0.524. The summed E-state index contributed by atoms with van der Waals surface area (Å²) in [6, 6.07) is 0.812. The molecule has 2 rings (SSSR count). The van der Waals surface area contributed by atoms with E-state index in [1.807, 2.05) is 23.0 Å². The molecule has 2 nitrogen and oxygen atoms in total. The van der Waals surface area contributed by atoms with Gasteiger partial charge in [0.05, 0.1) is 6.61 Å². The summed E-state index contributed by atoms with van der Waals surface area (Å²) in [7, 11) is 2.25. The van der Waals surface area contributed by atoms with Crippen LogP contribution in [0.25, 0.3) is 0 Å². The topological polar surface area (TPSA) is 12.5 Å². The lowest BCUT2D eigenvalue weighted by molar-refractivity contribution is 0.151. The molecule has 0 spiro atoms. The van der Waals surface area contributed by atoms with E-state index >= 15 is 0 Å². The van der Waals surface area contributed by atoms with E-state index in [2.05, 4.69) is 11.9 Å². The van der Waals surface area contributed by atoms with Crippen molar-refractivity contribution in [3.63, 3.8) is 0 Å². The Balaban J connectivity index is 2.11. The van der Waals surface area contributed by atoms with Crippen molar-refractivity contribution in [2.75, 3.05) is 20.2 Å². The van der Waals surface area contributed by atoms with E-state index in [9.17, 15) is 0 Å². The molecule has 0 aromatic carbocycles. The molecule has 2 aliphatic rings. The van der Waals surface area contributed by atoms with Gasteiger partial charge < -0.3 is 7.97 Å². The molecular weight excluding hydrogens is 265 g/mol. The quantitative estimate of drug-likeness (QED) is 0.720. The first-order chi connectivity index (χ1) is 5.78. The van der Waals surface area contributed by atoms with Gasteiger partial charge in [-0.25, -0.2) is 0 Å². The van der Waals surface area contributed by atoms with Gasteiger partial charge in [-0.15, -0.1) is 0 Å². The lowest BCUT2D eigenvalue weighted by Crippen LogP contribution is -2.35. The normalized spacial score (nSPS) is 42.0. The lowest BCUT2D eigenvalue weighted by Gasteiger charge is -2.29. The van der Waals surface area contributed by atoms with E-state index in [4.69, 9.17) is 3.07 Å². The van der Waals surface area contributed by atoms with Gasteiger partial charge in [-0.05, 0) is 32.9 Å². The highest BCUT2D eigenvalue weighted by atomic mass is 127. The van der Waals surface area contributed by atoms with Crippen molar-refractivity contribution >= 4 is 23.0 Å². The van der Waals surface area contributed by atoms with E-state index < -0.39 is 0 Å². The van der Waals surface area contributed by atoms with Gasteiger partial charge in [0.1, 0.15) is 23.0 Å². The summed E-state index contributed by atoms with van der Waals surface area (Å²) in [6.07, 6.45) is 5.51. The largest absolute Gasteiger partial charge is 0.315 e. The zero-order valence-corrected chi connectivity index (χ0v) is 9.71. The fraction of sp³-hybridized carbons (Fsp3) is 1.00. The molecule has 0 aromatic heterocycles. The summed E-state index contributed by atoms with van der Waals surface area (Å²) in [4.78, 5) is 2.52. The lowest BCUT2D eigenvalue weighted by atomic mass is 9.83. The number of halogens is 1. The average molecular weight is 281 g/mol. The van der Waals surface area contributed by atoms with Crippen LogP contribution in [0.4, 0.5) is 0 Å². The third-order valence-electron chi connectivity index (χ3n) is 3.70. The molecule has 0 amide bonds. The van der Waals surface area contributed by atoms with Crippen LogP contribution in [-0.2, 0) is 3.07 Å². The first-order valence-corrected chi connectivity index (χ1v) is 5.60. The molecule has 70 valence electrons. The Morgan fingerprint density at radius 1 is 1.58 bits per heavy atom. The highest BCUT2D eigenvalue weighted by Gasteiger charge is 2.48. The second-order valence-corrected chi connectivity index (χ2v) is 4.88. The van der Waals surface area contributed by atoms with Crippen LogP contribution in [0.2, 0.25) is 0 Å². The van der Waals surface area contributed by atoms with Crippen molar-refractivity contribution in [3.8, 4) is 0 Å². The maximum atomic E-state index is 5.32. The molecule has 0 aromatic rings. The van der Waals surface area contributed by atoms with Gasteiger partial charge in [-0.3, -0.25) is 0 Å². The molecule has 2 fully saturated rings. The molecule has 12 heavy (non-hydrogen) atoms. The fourth-order valence-electron chi connectivity index (χ4n) is 3.00. The van der Waals surface area contributed by atoms with Crippen LogP contribution in [0.15, 0.2) is 0 Å². The van der Waals surface area contributed by atoms with Crippen molar-refractivity contribution in [3.05, 3.63) is 0 Å². The molecular formula is C9H16INO. The first kappa shape index (κ1) is 9.21. The Morgan fingerprint density at radius 2 is 2.42 bits per heavy atom. The predicted molar refractivity (Wildman–Crippen MR) is 57.3 cm³/mol. The van der Waals surface area contributed by atoms with Gasteiger partial charge in [-0.2, -0.15) is 0 Å². The standard InChI is InChI=1S/C9H16INO/c1-11-6-5-9(7-12-10)4-2-3-8(9)11/h8H,2-7H2,1H3. The summed E-state index contributed by atoms with van der Waals surface area (Å²) in [6.45, 7) is 2.23. The first-order valence-electron chi connectivity index (χ1n) is 4.72. The molecule has 1 aliphatic heterocycles. The van der Waals surface area contributed by atoms with Crippen molar-refractivity contribution < 1.29 is 3.07 Å². The van der Waals surface area contributed by atoms with Crippen molar-refractivity contribution in [2.24, 2.45) is 5.41 Å². The second-order valence-electron chi connectivity index (χ2n) is 4.25. The SMILES string of the molecule is CN1CCC2(COI)CCCC12. The van der Waals surface area contributed by atoms with Crippen LogP contribution in [0.1, 0.15) is 25.7 Å². The maximum Gasteiger partial charge on any atom is 0.109 e. The molecule has 3 heteroatoms. The third-order valence-corrected chi connectivity index (χ3v) is 4.01. The number of hydrogen-bond donors (Lipinski definition) is 0. The molecule has 2 unspecified atom stereocenters. The minimum absolute atomic E-state index is 0.524. The smallest absolute Gasteiger partial charge is 0.109 e. The molecule has 1 aliphatic carbocycles. The van der Waals surface area contributed by atoms with Gasteiger partial charge >= 0.3 is 0 Å². The fourth-order valence-corrected chi connectivity index (χ4v) is 3.62. The number of nitrogens with zero attached hydrogens (tertiary/aromatic N) is 1. The van der Waals surface area contributed by atoms with Crippen LogP contribution in [-0.4, -0.2) is 31.1 Å². The molecule has 0 radical (unpaired) electrons. The van der Waals surface area contributed by atoms with E-state index in [0.29, 0.717) is 5.41 Å². The Kier molecular flexibility index (Phi) is 2.63. The number of rotatable bonds is 2. The van der Waals surface area contributed by atoms with Gasteiger partial charge in [0.25, 0.3) is 0 Å². The zero-order valence-electron chi connectivity index (χ0n) is 7.55. The van der Waals surface area contributed by atoms with Crippen molar-refractivity contribution in [2.45, 2.75) is 31.7 Å². The number of hydrogen-bond acceptors (Lipinski definition) is 2. The highest BCUT2D eigenvalue weighted by Crippen LogP contribution is 2.48. The van der Waals surface area contributed by atoms with Crippen molar-refractivity contribution in [1.29, 1.82) is 0 Å². The molecule has 1 saturated heterocycles. The van der Waals surface area contributed by atoms with Gasteiger partial charge in [0, 0.05) is 11.5 Å². The van der Waals surface area contributed by atoms with Crippen molar-refractivity contribution in [1.82, 2.24) is 4.90 Å². The Hall–Kier alpha value is 0.650. The highest BCUT2D eigenvalue weighted by molar-refractivity contribution is 14.1. The minimum atomic E-state index is 0.524. The van der Waals surface area contributed by atoms with E-state index in [1.165, 1.54) is 32.2 Å². The van der Waals surface area contributed by atoms with Crippen LogP contribution < -0.4 is 0 Å². The average Bonchev–Trinajstić information content (AvgIpc) is 2.55. The summed E-state index contributed by atoms with van der Waals surface area (Å²) >= 11 is 2.04. The number of likely N-dealkylation sites (tertiary alicyclic amines) is 1. The summed E-state index contributed by atoms with van der Waals surface area (Å²) < 4.78 is 5.32. The van der Waals surface area contributed by atoms with Crippen LogP contribution in [0.5, 0.6) is 0 Å². The molecule has 1 saturated carbocycles. The van der Waals surface area contributed by atoms with Gasteiger partial charge in [0.2, 0.25) is 0 Å². The minimum Gasteiger partial charge on any atom is -0.315 e. The molecule has 2 atom stereocenters. The van der Waals surface area contributed by atoms with Gasteiger partial charge in [0.15, 0.2) is 0 Å². The Morgan fingerprint density at radius 3 is 3.17 bits per heavy atom. The van der Waals surface area contributed by atoms with E-state index in [-0.39, 0.29) is 0 Å². The predicted octanol–water partition coefficient (Wildman–Crippen LogP) is 2.23. The van der Waals surface area contributed by atoms with Gasteiger partial charge in [-0.1, -0.05) is 6.42 Å². The second kappa shape index (κ2) is 3.42.